The lowest BCUT2D eigenvalue weighted by molar-refractivity contribution is -0.162. The van der Waals surface area contributed by atoms with Crippen LogP contribution in [0, 0.1) is 0 Å². The zero-order chi connectivity index (χ0) is 50.6. The van der Waals surface area contributed by atoms with Crippen molar-refractivity contribution < 1.29 is 23.8 Å². The molecule has 0 N–H and O–H groups in total. The summed E-state index contributed by atoms with van der Waals surface area (Å²) >= 11 is 0. The third-order valence-electron chi connectivity index (χ3n) is 10.7. The summed E-state index contributed by atoms with van der Waals surface area (Å²) in [6, 6.07) is 0. The molecule has 0 aliphatic heterocycles. The molecule has 0 aromatic heterocycles. The van der Waals surface area contributed by atoms with Crippen LogP contribution >= 0.6 is 0 Å². The third kappa shape index (κ3) is 55.9. The second kappa shape index (κ2) is 58.6. The predicted octanol–water partition coefficient (Wildman–Crippen LogP) is 19.2. The number of rotatable bonds is 48. The average molecular weight is 962 g/mol. The molecule has 0 saturated heterocycles. The normalized spacial score (nSPS) is 13.6. The molecule has 0 amide bonds. The lowest BCUT2D eigenvalue weighted by Gasteiger charge is -2.18. The number of ether oxygens (including phenoxy) is 3. The van der Waals surface area contributed by atoms with Crippen molar-refractivity contribution in [1.29, 1.82) is 0 Å². The van der Waals surface area contributed by atoms with Crippen molar-refractivity contribution in [3.8, 4) is 0 Å². The Bertz CT molecular complexity index is 1600. The molecule has 0 saturated carbocycles. The lowest BCUT2D eigenvalue weighted by atomic mass is 10.1. The van der Waals surface area contributed by atoms with Crippen molar-refractivity contribution in [1.82, 2.24) is 0 Å². The van der Waals surface area contributed by atoms with Gasteiger partial charge in [-0.1, -0.05) is 223 Å². The Morgan fingerprint density at radius 2 is 0.629 bits per heavy atom. The molecule has 1 atom stereocenters. The first-order chi connectivity index (χ1) is 34.6. The Morgan fingerprint density at radius 3 is 1.01 bits per heavy atom. The van der Waals surface area contributed by atoms with Crippen LogP contribution in [0.5, 0.6) is 0 Å². The highest BCUT2D eigenvalue weighted by molar-refractivity contribution is 5.70. The van der Waals surface area contributed by atoms with Gasteiger partial charge in [-0.3, -0.25) is 9.59 Å². The van der Waals surface area contributed by atoms with E-state index < -0.39 is 6.10 Å². The number of carbonyl (C=O) groups excluding carboxylic acids is 2. The van der Waals surface area contributed by atoms with Crippen LogP contribution < -0.4 is 0 Å². The summed E-state index contributed by atoms with van der Waals surface area (Å²) in [4.78, 5) is 25.4. The Labute approximate surface area is 430 Å². The molecule has 0 bridgehead atoms. The van der Waals surface area contributed by atoms with Gasteiger partial charge in [0, 0.05) is 19.4 Å². The SMILES string of the molecule is CC/C=C\C/C=C\C/C=C\C/C=C\C/C=C\C/C=C\CCC(=O)OCC(COCCCCCCCCC/C=C\C/C=C\C/C=C\C/C=C\CC)OC(=O)CCCC/C=C\C/C=C\C/C=C\C/C=C\CC. The van der Waals surface area contributed by atoms with Crippen LogP contribution in [-0.2, 0) is 23.8 Å². The fourth-order valence-corrected chi connectivity index (χ4v) is 6.75. The first-order valence-electron chi connectivity index (χ1n) is 27.7. The van der Waals surface area contributed by atoms with Gasteiger partial charge in [0.25, 0.3) is 0 Å². The molecular formula is C65H100O5. The monoisotopic (exact) mass is 961 g/mol. The fraction of sp³-hybridized carbons (Fsp3) is 0.538. The molecular weight excluding hydrogens is 861 g/mol. The van der Waals surface area contributed by atoms with Gasteiger partial charge in [-0.15, -0.1) is 0 Å². The van der Waals surface area contributed by atoms with Gasteiger partial charge in [-0.2, -0.15) is 0 Å². The van der Waals surface area contributed by atoms with E-state index in [0.29, 0.717) is 19.4 Å². The summed E-state index contributed by atoms with van der Waals surface area (Å²) in [5, 5.41) is 0. The van der Waals surface area contributed by atoms with E-state index in [4.69, 9.17) is 14.2 Å². The zero-order valence-electron chi connectivity index (χ0n) is 44.7. The quantitative estimate of drug-likeness (QED) is 0.0345. The van der Waals surface area contributed by atoms with Crippen LogP contribution in [0.15, 0.2) is 170 Å². The van der Waals surface area contributed by atoms with Gasteiger partial charge in [-0.05, 0) is 135 Å². The number of carbonyl (C=O) groups is 2. The van der Waals surface area contributed by atoms with Gasteiger partial charge in [0.1, 0.15) is 6.61 Å². The largest absolute Gasteiger partial charge is 0.462 e. The summed E-state index contributed by atoms with van der Waals surface area (Å²) in [6.07, 6.45) is 88.1. The Balaban J connectivity index is 4.51. The van der Waals surface area contributed by atoms with E-state index in [1.54, 1.807) is 0 Å². The van der Waals surface area contributed by atoms with Crippen LogP contribution in [0.4, 0.5) is 0 Å². The minimum absolute atomic E-state index is 0.0111. The topological polar surface area (TPSA) is 61.8 Å². The van der Waals surface area contributed by atoms with Gasteiger partial charge in [0.2, 0.25) is 0 Å². The summed E-state index contributed by atoms with van der Waals surface area (Å²) in [7, 11) is 0. The maximum absolute atomic E-state index is 12.8. The molecule has 1 unspecified atom stereocenters. The first-order valence-corrected chi connectivity index (χ1v) is 27.7. The minimum atomic E-state index is -0.609. The van der Waals surface area contributed by atoms with Crippen LogP contribution in [0.2, 0.25) is 0 Å². The maximum atomic E-state index is 12.8. The van der Waals surface area contributed by atoms with Crippen LogP contribution in [-0.4, -0.2) is 37.9 Å². The third-order valence-corrected chi connectivity index (χ3v) is 10.7. The van der Waals surface area contributed by atoms with E-state index in [1.165, 1.54) is 32.1 Å². The molecule has 0 rings (SSSR count). The zero-order valence-corrected chi connectivity index (χ0v) is 44.7. The van der Waals surface area contributed by atoms with Gasteiger partial charge in [0.15, 0.2) is 6.10 Å². The molecule has 0 fully saturated rings. The number of allylic oxidation sites excluding steroid dienone is 28. The summed E-state index contributed by atoms with van der Waals surface area (Å²) in [5.74, 6) is -0.563. The number of esters is 2. The minimum Gasteiger partial charge on any atom is -0.462 e. The molecule has 0 aromatic rings. The van der Waals surface area contributed by atoms with Gasteiger partial charge < -0.3 is 14.2 Å². The van der Waals surface area contributed by atoms with Crippen LogP contribution in [0.1, 0.15) is 201 Å². The van der Waals surface area contributed by atoms with E-state index in [2.05, 4.69) is 185 Å². The summed E-state index contributed by atoms with van der Waals surface area (Å²) in [6.45, 7) is 7.31. The van der Waals surface area contributed by atoms with Crippen molar-refractivity contribution in [3.05, 3.63) is 170 Å². The second-order valence-electron chi connectivity index (χ2n) is 17.3. The van der Waals surface area contributed by atoms with Crippen molar-refractivity contribution in [2.75, 3.05) is 19.8 Å². The molecule has 5 nitrogen and oxygen atoms in total. The van der Waals surface area contributed by atoms with E-state index in [-0.39, 0.29) is 31.6 Å². The molecule has 0 heterocycles. The number of hydrogen-bond donors (Lipinski definition) is 0. The van der Waals surface area contributed by atoms with Crippen molar-refractivity contribution in [3.63, 3.8) is 0 Å². The number of hydrogen-bond acceptors (Lipinski definition) is 5. The highest BCUT2D eigenvalue weighted by Crippen LogP contribution is 2.11. The average Bonchev–Trinajstić information content (AvgIpc) is 3.36. The fourth-order valence-electron chi connectivity index (χ4n) is 6.75. The molecule has 0 aromatic carbocycles. The van der Waals surface area contributed by atoms with Gasteiger partial charge in [-0.25, -0.2) is 0 Å². The van der Waals surface area contributed by atoms with Crippen molar-refractivity contribution in [2.24, 2.45) is 0 Å². The van der Waals surface area contributed by atoms with Crippen molar-refractivity contribution >= 4 is 11.9 Å². The smallest absolute Gasteiger partial charge is 0.306 e. The van der Waals surface area contributed by atoms with E-state index >= 15 is 0 Å². The lowest BCUT2D eigenvalue weighted by Crippen LogP contribution is -2.30. The molecule has 390 valence electrons. The molecule has 70 heavy (non-hydrogen) atoms. The Kier molecular flexibility index (Phi) is 54.6. The van der Waals surface area contributed by atoms with Gasteiger partial charge >= 0.3 is 11.9 Å². The van der Waals surface area contributed by atoms with E-state index in [1.807, 2.05) is 6.08 Å². The maximum Gasteiger partial charge on any atom is 0.306 e. The van der Waals surface area contributed by atoms with E-state index in [0.717, 1.165) is 128 Å². The standard InChI is InChI=1S/C65H100O5/c1-4-7-10-13-16-19-22-25-28-30-32-34-36-39-42-45-48-51-54-57-60-68-61-63(70-65(67)59-56-53-50-47-44-41-37-27-24-21-18-15-12-9-6-3)62-69-64(66)58-55-52-49-46-43-40-38-35-33-31-29-26-23-20-17-14-11-8-5-2/h7-12,16-21,25-29,32-35,37,40,43-44,47,49,52,63H,4-6,13-15,22-24,30-31,36,38-39,41-42,45-46,48,50-51,53-62H2,1-3H3/b10-7-,11-8-,12-9-,19-16-,20-17-,21-18-,28-25-,29-26-,34-32-,35-33-,37-27-,43-40-,47-44-,52-49-. The molecule has 5 heteroatoms. The van der Waals surface area contributed by atoms with Gasteiger partial charge in [0.05, 0.1) is 6.61 Å². The molecule has 0 aliphatic carbocycles. The van der Waals surface area contributed by atoms with Crippen molar-refractivity contribution in [2.45, 2.75) is 207 Å². The summed E-state index contributed by atoms with van der Waals surface area (Å²) in [5.41, 5.74) is 0. The number of unbranched alkanes of at least 4 members (excludes halogenated alkanes) is 9. The Morgan fingerprint density at radius 1 is 0.314 bits per heavy atom. The second-order valence-corrected chi connectivity index (χ2v) is 17.3. The first kappa shape index (κ1) is 65.3. The van der Waals surface area contributed by atoms with Crippen LogP contribution in [0.3, 0.4) is 0 Å². The Hall–Kier alpha value is -4.74. The molecule has 0 radical (unpaired) electrons. The summed E-state index contributed by atoms with van der Waals surface area (Å²) < 4.78 is 17.3. The molecule has 0 aliphatic rings. The van der Waals surface area contributed by atoms with E-state index in [9.17, 15) is 9.59 Å². The highest BCUT2D eigenvalue weighted by Gasteiger charge is 2.17. The predicted molar refractivity (Wildman–Crippen MR) is 306 cm³/mol. The van der Waals surface area contributed by atoms with Crippen LogP contribution in [0.25, 0.3) is 0 Å². The molecule has 0 spiro atoms. The highest BCUT2D eigenvalue weighted by atomic mass is 16.6.